The van der Waals surface area contributed by atoms with Gasteiger partial charge in [-0.1, -0.05) is 0 Å². The van der Waals surface area contributed by atoms with Gasteiger partial charge in [-0.25, -0.2) is 4.39 Å². The minimum atomic E-state index is -0.406. The maximum atomic E-state index is 13.2. The molecule has 2 heterocycles. The van der Waals surface area contributed by atoms with Crippen LogP contribution in [0.25, 0.3) is 0 Å². The number of ether oxygens (including phenoxy) is 2. The first-order valence-corrected chi connectivity index (χ1v) is 10.7. The molecule has 0 saturated carbocycles. The number of halogens is 1. The molecule has 1 amide bonds. The van der Waals surface area contributed by atoms with Crippen LogP contribution in [0.2, 0.25) is 0 Å². The number of nitrogens with zero attached hydrogens (tertiary/aromatic N) is 3. The largest absolute Gasteiger partial charge is 0.486 e. The highest BCUT2D eigenvalue weighted by molar-refractivity contribution is 6.10. The molecule has 0 spiro atoms. The van der Waals surface area contributed by atoms with E-state index in [0.29, 0.717) is 48.9 Å². The molecule has 0 atom stereocenters. The zero-order valence-electron chi connectivity index (χ0n) is 18.8. The van der Waals surface area contributed by atoms with Crippen molar-refractivity contribution < 1.29 is 18.7 Å². The highest BCUT2D eigenvalue weighted by Gasteiger charge is 2.15. The predicted octanol–water partition coefficient (Wildman–Crippen LogP) is 3.39. The Morgan fingerprint density at radius 3 is 2.55 bits per heavy atom. The van der Waals surface area contributed by atoms with Crippen molar-refractivity contribution in [2.24, 2.45) is 12.0 Å². The number of hydrogen-bond acceptors (Lipinski definition) is 5. The monoisotopic (exact) mass is 451 g/mol. The van der Waals surface area contributed by atoms with Crippen LogP contribution in [0.1, 0.15) is 27.3 Å². The molecular weight excluding hydrogens is 425 g/mol. The molecular formula is C24H26FN5O3. The standard InChI is InChI=1S/C24H26FN5O3/c1-15-20(16(2)30(3)29-15)10-11-26-24(28-23(31)17-4-6-18(25)7-5-17)27-19-8-9-21-22(14-19)33-13-12-32-21/h4-9,14H,10-13H2,1-3H3,(H2,26,27,28,31). The normalized spacial score (nSPS) is 13.0. The third kappa shape index (κ3) is 5.31. The fourth-order valence-electron chi connectivity index (χ4n) is 3.61. The second-order valence-corrected chi connectivity index (χ2v) is 7.70. The van der Waals surface area contributed by atoms with E-state index in [2.05, 4.69) is 20.7 Å². The van der Waals surface area contributed by atoms with Gasteiger partial charge in [0.2, 0.25) is 5.96 Å². The van der Waals surface area contributed by atoms with Gasteiger partial charge in [0.1, 0.15) is 19.0 Å². The molecule has 8 nitrogen and oxygen atoms in total. The summed E-state index contributed by atoms with van der Waals surface area (Å²) in [5.41, 5.74) is 4.18. The molecule has 172 valence electrons. The first-order valence-electron chi connectivity index (χ1n) is 10.7. The summed E-state index contributed by atoms with van der Waals surface area (Å²) in [6, 6.07) is 10.8. The summed E-state index contributed by atoms with van der Waals surface area (Å²) < 4.78 is 26.3. The lowest BCUT2D eigenvalue weighted by molar-refractivity contribution is 0.0977. The van der Waals surface area contributed by atoms with Gasteiger partial charge >= 0.3 is 0 Å². The zero-order valence-corrected chi connectivity index (χ0v) is 18.8. The average Bonchev–Trinajstić information content (AvgIpc) is 3.05. The van der Waals surface area contributed by atoms with Gasteiger partial charge in [-0.05, 0) is 62.2 Å². The Morgan fingerprint density at radius 1 is 1.12 bits per heavy atom. The van der Waals surface area contributed by atoms with Crippen molar-refractivity contribution in [3.8, 4) is 11.5 Å². The minimum absolute atomic E-state index is 0.278. The van der Waals surface area contributed by atoms with E-state index in [1.165, 1.54) is 24.3 Å². The molecule has 1 aromatic heterocycles. The van der Waals surface area contributed by atoms with Crippen LogP contribution in [0, 0.1) is 19.7 Å². The lowest BCUT2D eigenvalue weighted by Gasteiger charge is -2.19. The van der Waals surface area contributed by atoms with Gasteiger partial charge in [0.05, 0.1) is 5.69 Å². The highest BCUT2D eigenvalue weighted by Crippen LogP contribution is 2.32. The predicted molar refractivity (Wildman–Crippen MR) is 124 cm³/mol. The van der Waals surface area contributed by atoms with Crippen molar-refractivity contribution in [2.45, 2.75) is 20.3 Å². The van der Waals surface area contributed by atoms with Crippen molar-refractivity contribution in [3.05, 3.63) is 70.8 Å². The van der Waals surface area contributed by atoms with Crippen LogP contribution in [0.15, 0.2) is 47.5 Å². The molecule has 0 fully saturated rings. The van der Waals surface area contributed by atoms with E-state index in [9.17, 15) is 9.18 Å². The van der Waals surface area contributed by atoms with Crippen LogP contribution in [0.5, 0.6) is 11.5 Å². The Kier molecular flexibility index (Phi) is 6.58. The Hall–Kier alpha value is -3.88. The Bertz CT molecular complexity index is 1190. The maximum Gasteiger partial charge on any atom is 0.257 e. The number of rotatable bonds is 5. The average molecular weight is 452 g/mol. The molecule has 2 N–H and O–H groups in total. The Balaban J connectivity index is 1.53. The summed E-state index contributed by atoms with van der Waals surface area (Å²) in [7, 11) is 1.91. The summed E-state index contributed by atoms with van der Waals surface area (Å²) in [5, 5.41) is 10.4. The minimum Gasteiger partial charge on any atom is -0.486 e. The van der Waals surface area contributed by atoms with Crippen molar-refractivity contribution in [1.82, 2.24) is 15.1 Å². The van der Waals surface area contributed by atoms with Gasteiger partial charge in [-0.15, -0.1) is 0 Å². The number of anilines is 1. The van der Waals surface area contributed by atoms with Crippen LogP contribution < -0.4 is 20.1 Å². The fourth-order valence-corrected chi connectivity index (χ4v) is 3.61. The third-order valence-corrected chi connectivity index (χ3v) is 5.43. The third-order valence-electron chi connectivity index (χ3n) is 5.43. The van der Waals surface area contributed by atoms with Crippen LogP contribution in [-0.2, 0) is 13.5 Å². The van der Waals surface area contributed by atoms with Crippen LogP contribution in [-0.4, -0.2) is 41.4 Å². The van der Waals surface area contributed by atoms with E-state index in [4.69, 9.17) is 9.47 Å². The molecule has 2 aromatic carbocycles. The number of guanidine groups is 1. The summed E-state index contributed by atoms with van der Waals surface area (Å²) >= 11 is 0. The number of fused-ring (bicyclic) bond motifs is 1. The van der Waals surface area contributed by atoms with Crippen molar-refractivity contribution in [3.63, 3.8) is 0 Å². The smallest absolute Gasteiger partial charge is 0.257 e. The van der Waals surface area contributed by atoms with Crippen LogP contribution in [0.3, 0.4) is 0 Å². The Labute approximate surface area is 191 Å². The van der Waals surface area contributed by atoms with E-state index in [0.717, 1.165) is 17.0 Å². The second-order valence-electron chi connectivity index (χ2n) is 7.70. The number of nitrogens with one attached hydrogen (secondary N) is 2. The van der Waals surface area contributed by atoms with E-state index >= 15 is 0 Å². The molecule has 0 bridgehead atoms. The second kappa shape index (κ2) is 9.72. The van der Waals surface area contributed by atoms with E-state index in [1.54, 1.807) is 12.1 Å². The van der Waals surface area contributed by atoms with Gasteiger partial charge in [0, 0.05) is 36.6 Å². The van der Waals surface area contributed by atoms with Crippen molar-refractivity contribution in [1.29, 1.82) is 0 Å². The zero-order chi connectivity index (χ0) is 23.4. The lowest BCUT2D eigenvalue weighted by Crippen LogP contribution is -2.36. The summed E-state index contributed by atoms with van der Waals surface area (Å²) in [6.07, 6.45) is 0.671. The van der Waals surface area contributed by atoms with Gasteiger partial charge in [0.15, 0.2) is 11.5 Å². The van der Waals surface area contributed by atoms with E-state index in [1.807, 2.05) is 31.6 Å². The first kappa shape index (κ1) is 22.3. The summed E-state index contributed by atoms with van der Waals surface area (Å²) in [4.78, 5) is 17.3. The van der Waals surface area contributed by atoms with Crippen LogP contribution in [0.4, 0.5) is 10.1 Å². The highest BCUT2D eigenvalue weighted by atomic mass is 19.1. The van der Waals surface area contributed by atoms with Gasteiger partial charge in [-0.2, -0.15) is 5.10 Å². The van der Waals surface area contributed by atoms with Gasteiger partial charge < -0.3 is 14.8 Å². The topological polar surface area (TPSA) is 89.8 Å². The Morgan fingerprint density at radius 2 is 1.85 bits per heavy atom. The number of aryl methyl sites for hydroxylation is 2. The molecule has 0 radical (unpaired) electrons. The SMILES string of the molecule is Cc1nn(C)c(C)c1CCN=C(NC(=O)c1ccc(F)cc1)Nc1ccc2c(c1)OCCO2. The summed E-state index contributed by atoms with van der Waals surface area (Å²) in [5.74, 6) is 0.769. The first-order chi connectivity index (χ1) is 15.9. The molecule has 3 aromatic rings. The molecule has 9 heteroatoms. The number of carbonyl (C=O) groups excluding carboxylic acids is 1. The number of hydrogen-bond donors (Lipinski definition) is 2. The molecule has 0 aliphatic carbocycles. The number of aromatic nitrogens is 2. The number of amides is 1. The van der Waals surface area contributed by atoms with E-state index in [-0.39, 0.29) is 5.96 Å². The van der Waals surface area contributed by atoms with Crippen molar-refractivity contribution in [2.75, 3.05) is 25.1 Å². The quantitative estimate of drug-likeness (QED) is 0.459. The number of benzene rings is 2. The molecule has 0 unspecified atom stereocenters. The lowest BCUT2D eigenvalue weighted by atomic mass is 10.1. The molecule has 1 aliphatic heterocycles. The molecule has 0 saturated heterocycles. The molecule has 4 rings (SSSR count). The maximum absolute atomic E-state index is 13.2. The van der Waals surface area contributed by atoms with Gasteiger partial charge in [0.25, 0.3) is 5.91 Å². The number of aliphatic imine (C=N–C) groups is 1. The van der Waals surface area contributed by atoms with Crippen molar-refractivity contribution >= 4 is 17.6 Å². The number of carbonyl (C=O) groups is 1. The van der Waals surface area contributed by atoms with Gasteiger partial charge in [-0.3, -0.25) is 19.8 Å². The van der Waals surface area contributed by atoms with Crippen LogP contribution >= 0.6 is 0 Å². The summed E-state index contributed by atoms with van der Waals surface area (Å²) in [6.45, 7) is 5.40. The fraction of sp³-hybridized carbons (Fsp3) is 0.292. The molecule has 33 heavy (non-hydrogen) atoms. The molecule has 1 aliphatic rings. The van der Waals surface area contributed by atoms with E-state index < -0.39 is 11.7 Å².